The van der Waals surface area contributed by atoms with Crippen LogP contribution in [-0.4, -0.2) is 29.3 Å². The second-order valence-corrected chi connectivity index (χ2v) is 3.61. The van der Waals surface area contributed by atoms with Crippen LogP contribution in [0.3, 0.4) is 0 Å². The van der Waals surface area contributed by atoms with Crippen molar-refractivity contribution in [2.75, 3.05) is 13.0 Å². The third-order valence-corrected chi connectivity index (χ3v) is 2.45. The molecular formula is C11H15ClO3. The Morgan fingerprint density at radius 1 is 1.33 bits per heavy atom. The van der Waals surface area contributed by atoms with E-state index in [9.17, 15) is 10.2 Å². The van der Waals surface area contributed by atoms with Crippen molar-refractivity contribution in [1.29, 1.82) is 0 Å². The van der Waals surface area contributed by atoms with E-state index in [1.54, 1.807) is 18.2 Å². The number of aliphatic hydroxyl groups excluding tert-OH is 2. The molecule has 1 aromatic carbocycles. The first-order valence-electron chi connectivity index (χ1n) is 4.75. The highest BCUT2D eigenvalue weighted by atomic mass is 35.5. The zero-order valence-corrected chi connectivity index (χ0v) is 9.31. The number of methoxy groups -OCH3 is 1. The van der Waals surface area contributed by atoms with Crippen LogP contribution in [0.25, 0.3) is 0 Å². The summed E-state index contributed by atoms with van der Waals surface area (Å²) in [6.07, 6.45) is -1.47. The number of alkyl halides is 1. The Bertz CT molecular complexity index is 304. The molecule has 0 fully saturated rings. The number of aliphatic hydroxyl groups is 2. The average Bonchev–Trinajstić information content (AvgIpc) is 2.28. The quantitative estimate of drug-likeness (QED) is 0.758. The van der Waals surface area contributed by atoms with E-state index in [1.165, 1.54) is 7.11 Å². The highest BCUT2D eigenvalue weighted by molar-refractivity contribution is 6.17. The van der Waals surface area contributed by atoms with E-state index < -0.39 is 12.2 Å². The predicted molar refractivity (Wildman–Crippen MR) is 59.3 cm³/mol. The van der Waals surface area contributed by atoms with E-state index in [0.717, 1.165) is 0 Å². The molecule has 3 nitrogen and oxygen atoms in total. The number of rotatable bonds is 5. The molecule has 0 amide bonds. The van der Waals surface area contributed by atoms with Crippen LogP contribution >= 0.6 is 11.6 Å². The van der Waals surface area contributed by atoms with Crippen LogP contribution in [0.15, 0.2) is 24.3 Å². The second kappa shape index (κ2) is 5.95. The van der Waals surface area contributed by atoms with Gasteiger partial charge in [0.2, 0.25) is 0 Å². The number of hydrogen-bond acceptors (Lipinski definition) is 3. The summed E-state index contributed by atoms with van der Waals surface area (Å²) >= 11 is 5.50. The fourth-order valence-electron chi connectivity index (χ4n) is 1.39. The molecule has 0 bridgehead atoms. The van der Waals surface area contributed by atoms with Crippen LogP contribution in [0.4, 0.5) is 0 Å². The molecule has 1 rings (SSSR count). The van der Waals surface area contributed by atoms with Crippen molar-refractivity contribution >= 4 is 11.6 Å². The van der Waals surface area contributed by atoms with Gasteiger partial charge in [-0.05, 0) is 12.5 Å². The van der Waals surface area contributed by atoms with Crippen LogP contribution < -0.4 is 4.74 Å². The summed E-state index contributed by atoms with van der Waals surface area (Å²) in [5, 5.41) is 19.4. The van der Waals surface area contributed by atoms with Crippen LogP contribution in [0.1, 0.15) is 18.1 Å². The predicted octanol–water partition coefficient (Wildman–Crippen LogP) is 1.72. The largest absolute Gasteiger partial charge is 0.496 e. The van der Waals surface area contributed by atoms with E-state index >= 15 is 0 Å². The molecule has 2 N–H and O–H groups in total. The number of para-hydroxylation sites is 1. The van der Waals surface area contributed by atoms with Gasteiger partial charge in [-0.25, -0.2) is 0 Å². The molecule has 0 radical (unpaired) electrons. The van der Waals surface area contributed by atoms with Gasteiger partial charge in [-0.3, -0.25) is 0 Å². The van der Waals surface area contributed by atoms with Crippen LogP contribution in [-0.2, 0) is 0 Å². The van der Waals surface area contributed by atoms with Gasteiger partial charge in [0.1, 0.15) is 11.9 Å². The summed E-state index contributed by atoms with van der Waals surface area (Å²) < 4.78 is 5.09. The average molecular weight is 231 g/mol. The Kier molecular flexibility index (Phi) is 4.88. The maximum Gasteiger partial charge on any atom is 0.124 e. The lowest BCUT2D eigenvalue weighted by Crippen LogP contribution is -2.19. The molecule has 15 heavy (non-hydrogen) atoms. The normalized spacial score (nSPS) is 14.7. The highest BCUT2D eigenvalue weighted by Crippen LogP contribution is 2.27. The van der Waals surface area contributed by atoms with E-state index in [0.29, 0.717) is 23.6 Å². The molecule has 2 atom stereocenters. The number of halogens is 1. The Morgan fingerprint density at radius 2 is 2.00 bits per heavy atom. The zero-order valence-electron chi connectivity index (χ0n) is 8.56. The topological polar surface area (TPSA) is 49.7 Å². The summed E-state index contributed by atoms with van der Waals surface area (Å²) in [4.78, 5) is 0. The van der Waals surface area contributed by atoms with Crippen molar-refractivity contribution in [1.82, 2.24) is 0 Å². The zero-order chi connectivity index (χ0) is 11.3. The Balaban J connectivity index is 2.84. The van der Waals surface area contributed by atoms with Gasteiger partial charge in [0.25, 0.3) is 0 Å². The van der Waals surface area contributed by atoms with Gasteiger partial charge in [-0.1, -0.05) is 18.2 Å². The van der Waals surface area contributed by atoms with Crippen molar-refractivity contribution in [2.24, 2.45) is 0 Å². The Morgan fingerprint density at radius 3 is 2.60 bits per heavy atom. The summed E-state index contributed by atoms with van der Waals surface area (Å²) in [7, 11) is 1.53. The van der Waals surface area contributed by atoms with Crippen molar-refractivity contribution in [3.63, 3.8) is 0 Å². The van der Waals surface area contributed by atoms with Gasteiger partial charge in [-0.2, -0.15) is 0 Å². The number of hydrogen-bond donors (Lipinski definition) is 2. The van der Waals surface area contributed by atoms with E-state index in [1.807, 2.05) is 6.07 Å². The molecule has 2 unspecified atom stereocenters. The molecule has 0 spiro atoms. The third kappa shape index (κ3) is 3.09. The molecule has 0 saturated carbocycles. The lowest BCUT2D eigenvalue weighted by molar-refractivity contribution is 0.0156. The fraction of sp³-hybridized carbons (Fsp3) is 0.455. The van der Waals surface area contributed by atoms with Gasteiger partial charge < -0.3 is 14.9 Å². The van der Waals surface area contributed by atoms with Gasteiger partial charge >= 0.3 is 0 Å². The van der Waals surface area contributed by atoms with Crippen LogP contribution in [0.2, 0.25) is 0 Å². The lowest BCUT2D eigenvalue weighted by Gasteiger charge is -2.19. The van der Waals surface area contributed by atoms with Crippen LogP contribution in [0.5, 0.6) is 5.75 Å². The van der Waals surface area contributed by atoms with E-state index in [-0.39, 0.29) is 0 Å². The monoisotopic (exact) mass is 230 g/mol. The lowest BCUT2D eigenvalue weighted by atomic mass is 10.0. The first-order chi connectivity index (χ1) is 7.20. The molecule has 1 aromatic rings. The van der Waals surface area contributed by atoms with E-state index in [4.69, 9.17) is 16.3 Å². The Hall–Kier alpha value is -0.770. The third-order valence-electron chi connectivity index (χ3n) is 2.23. The SMILES string of the molecule is COc1ccccc1C(O)C(O)CCCl. The highest BCUT2D eigenvalue weighted by Gasteiger charge is 2.20. The van der Waals surface area contributed by atoms with Crippen molar-refractivity contribution in [3.05, 3.63) is 29.8 Å². The first kappa shape index (κ1) is 12.3. The molecular weight excluding hydrogens is 216 g/mol. The maximum absolute atomic E-state index is 9.84. The minimum atomic E-state index is -0.958. The summed E-state index contributed by atoms with van der Waals surface area (Å²) in [5.41, 5.74) is 0.581. The number of ether oxygens (including phenoxy) is 1. The molecule has 0 aliphatic heterocycles. The Labute approximate surface area is 94.3 Å². The summed E-state index contributed by atoms with van der Waals surface area (Å²) in [6, 6.07) is 7.06. The molecule has 0 aliphatic rings. The first-order valence-corrected chi connectivity index (χ1v) is 5.29. The van der Waals surface area contributed by atoms with Crippen molar-refractivity contribution in [2.45, 2.75) is 18.6 Å². The molecule has 0 aliphatic carbocycles. The summed E-state index contributed by atoms with van der Waals surface area (Å²) in [5.74, 6) is 0.881. The molecule has 4 heteroatoms. The maximum atomic E-state index is 9.84. The van der Waals surface area contributed by atoms with Crippen LogP contribution in [0, 0.1) is 0 Å². The second-order valence-electron chi connectivity index (χ2n) is 3.23. The van der Waals surface area contributed by atoms with E-state index in [2.05, 4.69) is 0 Å². The number of benzene rings is 1. The molecule has 84 valence electrons. The standard InChI is InChI=1S/C11H15ClO3/c1-15-10-5-3-2-4-8(10)11(14)9(13)6-7-12/h2-5,9,11,13-14H,6-7H2,1H3. The minimum absolute atomic E-state index is 0.313. The molecule has 0 heterocycles. The molecule has 0 aromatic heterocycles. The summed E-state index contributed by atoms with van der Waals surface area (Å²) in [6.45, 7) is 0. The van der Waals surface area contributed by atoms with Gasteiger partial charge in [0.05, 0.1) is 13.2 Å². The fourth-order valence-corrected chi connectivity index (χ4v) is 1.61. The minimum Gasteiger partial charge on any atom is -0.496 e. The molecule has 0 saturated heterocycles. The van der Waals surface area contributed by atoms with Crippen molar-refractivity contribution in [3.8, 4) is 5.75 Å². The van der Waals surface area contributed by atoms with Gasteiger partial charge in [0, 0.05) is 11.4 Å². The van der Waals surface area contributed by atoms with Gasteiger partial charge in [-0.15, -0.1) is 11.6 Å². The smallest absolute Gasteiger partial charge is 0.124 e. The van der Waals surface area contributed by atoms with Gasteiger partial charge in [0.15, 0.2) is 0 Å². The van der Waals surface area contributed by atoms with Crippen molar-refractivity contribution < 1.29 is 14.9 Å².